The first kappa shape index (κ1) is 10.5. The van der Waals surface area contributed by atoms with Gasteiger partial charge in [-0.15, -0.1) is 11.3 Å². The lowest BCUT2D eigenvalue weighted by molar-refractivity contribution is 0.112. The number of hydrogen-bond acceptors (Lipinski definition) is 3. The topological polar surface area (TPSA) is 40.9 Å². The number of thiophene rings is 1. The van der Waals surface area contributed by atoms with Crippen LogP contribution in [0.2, 0.25) is 0 Å². The predicted molar refractivity (Wildman–Crippen MR) is 59.8 cm³/mol. The molecule has 0 N–H and O–H groups in total. The average molecular weight is 231 g/mol. The minimum atomic E-state index is -0.309. The van der Waals surface area contributed by atoms with Crippen LogP contribution in [0.5, 0.6) is 0 Å². The Hall–Kier alpha value is -1.99. The first-order valence-electron chi connectivity index (χ1n) is 4.49. The van der Waals surface area contributed by atoms with Crippen molar-refractivity contribution >= 4 is 17.6 Å². The van der Waals surface area contributed by atoms with Gasteiger partial charge < -0.3 is 0 Å². The van der Waals surface area contributed by atoms with Crippen molar-refractivity contribution in [2.24, 2.45) is 0 Å². The molecule has 1 aromatic carbocycles. The molecule has 2 rings (SSSR count). The fraction of sp³-hybridized carbons (Fsp3) is 0. The van der Waals surface area contributed by atoms with Crippen LogP contribution in [-0.2, 0) is 0 Å². The smallest absolute Gasteiger partial charge is 0.161 e. The van der Waals surface area contributed by atoms with Crippen molar-refractivity contribution in [2.45, 2.75) is 0 Å². The largest absolute Gasteiger partial charge is 0.297 e. The normalized spacial score (nSPS) is 9.75. The summed E-state index contributed by atoms with van der Waals surface area (Å²) in [5, 5.41) is 8.79. The van der Waals surface area contributed by atoms with Gasteiger partial charge in [0, 0.05) is 4.88 Å². The van der Waals surface area contributed by atoms with Crippen molar-refractivity contribution in [3.8, 4) is 16.5 Å². The third-order valence-electron chi connectivity index (χ3n) is 2.12. The predicted octanol–water partition coefficient (Wildman–Crippen LogP) is 3.24. The van der Waals surface area contributed by atoms with E-state index in [0.717, 1.165) is 10.4 Å². The Balaban J connectivity index is 2.49. The fourth-order valence-corrected chi connectivity index (χ4v) is 2.27. The lowest BCUT2D eigenvalue weighted by Crippen LogP contribution is -1.75. The quantitative estimate of drug-likeness (QED) is 0.744. The zero-order chi connectivity index (χ0) is 11.5. The van der Waals surface area contributed by atoms with Gasteiger partial charge in [0.05, 0.1) is 10.4 Å². The number of halogens is 1. The van der Waals surface area contributed by atoms with Gasteiger partial charge >= 0.3 is 0 Å². The van der Waals surface area contributed by atoms with Gasteiger partial charge in [-0.25, -0.2) is 4.39 Å². The van der Waals surface area contributed by atoms with E-state index in [1.165, 1.54) is 23.5 Å². The zero-order valence-corrected chi connectivity index (χ0v) is 8.92. The van der Waals surface area contributed by atoms with Crippen LogP contribution >= 0.6 is 11.3 Å². The lowest BCUT2D eigenvalue weighted by atomic mass is 10.1. The highest BCUT2D eigenvalue weighted by molar-refractivity contribution is 7.17. The molecule has 0 saturated heterocycles. The van der Waals surface area contributed by atoms with Crippen molar-refractivity contribution < 1.29 is 9.18 Å². The molecule has 0 amide bonds. The number of nitriles is 1. The van der Waals surface area contributed by atoms with E-state index in [1.807, 2.05) is 6.07 Å². The van der Waals surface area contributed by atoms with Crippen LogP contribution in [0.1, 0.15) is 15.2 Å². The zero-order valence-electron chi connectivity index (χ0n) is 8.11. The molecule has 4 heteroatoms. The first-order chi connectivity index (χ1) is 7.74. The van der Waals surface area contributed by atoms with Crippen LogP contribution in [0.15, 0.2) is 30.3 Å². The van der Waals surface area contributed by atoms with Gasteiger partial charge in [0.15, 0.2) is 6.29 Å². The van der Waals surface area contributed by atoms with Crippen molar-refractivity contribution in [1.82, 2.24) is 0 Å². The molecule has 0 saturated carbocycles. The Bertz CT molecular complexity index is 566. The number of carbonyl (C=O) groups is 1. The van der Waals surface area contributed by atoms with Gasteiger partial charge in [0.25, 0.3) is 0 Å². The third kappa shape index (κ3) is 1.86. The molecule has 0 spiro atoms. The monoisotopic (exact) mass is 231 g/mol. The minimum absolute atomic E-state index is 0.309. The molecule has 1 heterocycles. The van der Waals surface area contributed by atoms with E-state index in [1.54, 1.807) is 18.2 Å². The number of rotatable bonds is 2. The number of benzene rings is 1. The summed E-state index contributed by atoms with van der Waals surface area (Å²) in [5.74, 6) is -0.309. The highest BCUT2D eigenvalue weighted by Crippen LogP contribution is 2.30. The Morgan fingerprint density at radius 2 is 2.00 bits per heavy atom. The van der Waals surface area contributed by atoms with Gasteiger partial charge in [0.1, 0.15) is 11.9 Å². The Kier molecular flexibility index (Phi) is 2.80. The molecule has 2 nitrogen and oxygen atoms in total. The Morgan fingerprint density at radius 3 is 2.50 bits per heavy atom. The van der Waals surface area contributed by atoms with Crippen LogP contribution in [-0.4, -0.2) is 6.29 Å². The van der Waals surface area contributed by atoms with Gasteiger partial charge in [0.2, 0.25) is 0 Å². The summed E-state index contributed by atoms with van der Waals surface area (Å²) in [6.45, 7) is 0. The van der Waals surface area contributed by atoms with Crippen LogP contribution in [0, 0.1) is 17.1 Å². The summed E-state index contributed by atoms with van der Waals surface area (Å²) in [6, 6.07) is 9.54. The Morgan fingerprint density at radius 1 is 1.31 bits per heavy atom. The highest BCUT2D eigenvalue weighted by Gasteiger charge is 2.09. The SMILES string of the molecule is N#Cc1cc(-c2ccc(F)cc2)sc1C=O. The number of nitrogens with zero attached hydrogens (tertiary/aromatic N) is 1. The average Bonchev–Trinajstić information content (AvgIpc) is 2.73. The van der Waals surface area contributed by atoms with Gasteiger partial charge in [-0.2, -0.15) is 5.26 Å². The second kappa shape index (κ2) is 4.25. The van der Waals surface area contributed by atoms with E-state index in [0.29, 0.717) is 16.7 Å². The van der Waals surface area contributed by atoms with Crippen molar-refractivity contribution in [3.63, 3.8) is 0 Å². The van der Waals surface area contributed by atoms with Crippen LogP contribution in [0.4, 0.5) is 4.39 Å². The fourth-order valence-electron chi connectivity index (χ4n) is 1.34. The van der Waals surface area contributed by atoms with E-state index < -0.39 is 0 Å². The molecule has 0 aliphatic rings. The molecule has 16 heavy (non-hydrogen) atoms. The van der Waals surface area contributed by atoms with Crippen molar-refractivity contribution in [2.75, 3.05) is 0 Å². The van der Waals surface area contributed by atoms with E-state index in [2.05, 4.69) is 0 Å². The van der Waals surface area contributed by atoms with Crippen LogP contribution in [0.3, 0.4) is 0 Å². The molecule has 0 radical (unpaired) electrons. The van der Waals surface area contributed by atoms with E-state index in [9.17, 15) is 9.18 Å². The van der Waals surface area contributed by atoms with Crippen molar-refractivity contribution in [3.05, 3.63) is 46.6 Å². The molecule has 0 aliphatic heterocycles. The molecule has 0 aliphatic carbocycles. The molecule has 0 fully saturated rings. The molecule has 0 atom stereocenters. The number of carbonyl (C=O) groups excluding carboxylic acids is 1. The summed E-state index contributed by atoms with van der Waals surface area (Å²) in [7, 11) is 0. The summed E-state index contributed by atoms with van der Waals surface area (Å²) < 4.78 is 12.7. The lowest BCUT2D eigenvalue weighted by Gasteiger charge is -1.95. The molecule has 78 valence electrons. The first-order valence-corrected chi connectivity index (χ1v) is 5.31. The maximum Gasteiger partial charge on any atom is 0.161 e. The minimum Gasteiger partial charge on any atom is -0.297 e. The van der Waals surface area contributed by atoms with Crippen LogP contribution in [0.25, 0.3) is 10.4 Å². The van der Waals surface area contributed by atoms with E-state index in [4.69, 9.17) is 5.26 Å². The van der Waals surface area contributed by atoms with Gasteiger partial charge in [-0.1, -0.05) is 12.1 Å². The summed E-state index contributed by atoms with van der Waals surface area (Å²) in [5.41, 5.74) is 1.16. The standard InChI is InChI=1S/C12H6FNOS/c13-10-3-1-8(2-4-10)11-5-9(6-14)12(7-15)16-11/h1-5,7H. The van der Waals surface area contributed by atoms with Gasteiger partial charge in [-0.3, -0.25) is 4.79 Å². The van der Waals surface area contributed by atoms with Crippen LogP contribution < -0.4 is 0 Å². The van der Waals surface area contributed by atoms with E-state index >= 15 is 0 Å². The summed E-state index contributed by atoms with van der Waals surface area (Å²) in [6.07, 6.45) is 0.663. The summed E-state index contributed by atoms with van der Waals surface area (Å²) >= 11 is 1.23. The molecule has 0 unspecified atom stereocenters. The highest BCUT2D eigenvalue weighted by atomic mass is 32.1. The van der Waals surface area contributed by atoms with Crippen molar-refractivity contribution in [1.29, 1.82) is 5.26 Å². The maximum absolute atomic E-state index is 12.7. The molecule has 2 aromatic rings. The molecule has 1 aromatic heterocycles. The molecular weight excluding hydrogens is 225 g/mol. The Labute approximate surface area is 95.6 Å². The number of aldehydes is 1. The second-order valence-electron chi connectivity index (χ2n) is 3.13. The van der Waals surface area contributed by atoms with Gasteiger partial charge in [-0.05, 0) is 23.8 Å². The third-order valence-corrected chi connectivity index (χ3v) is 3.23. The number of hydrogen-bond donors (Lipinski definition) is 0. The molecular formula is C12H6FNOS. The second-order valence-corrected chi connectivity index (χ2v) is 4.21. The summed E-state index contributed by atoms with van der Waals surface area (Å²) in [4.78, 5) is 11.9. The van der Waals surface area contributed by atoms with E-state index in [-0.39, 0.29) is 5.82 Å². The molecule has 0 bridgehead atoms. The maximum atomic E-state index is 12.7.